The van der Waals surface area contributed by atoms with Gasteiger partial charge in [0.05, 0.1) is 11.6 Å². The Hall–Kier alpha value is -1.86. The van der Waals surface area contributed by atoms with Gasteiger partial charge in [0, 0.05) is 19.5 Å². The lowest BCUT2D eigenvalue weighted by Gasteiger charge is -2.33. The molecule has 0 aromatic heterocycles. The fourth-order valence-corrected chi connectivity index (χ4v) is 3.57. The second kappa shape index (κ2) is 5.50. The number of benzene rings is 1. The normalized spacial score (nSPS) is 20.8. The summed E-state index contributed by atoms with van der Waals surface area (Å²) in [6.07, 6.45) is 2.90. The summed E-state index contributed by atoms with van der Waals surface area (Å²) < 4.78 is 0. The lowest BCUT2D eigenvalue weighted by Crippen LogP contribution is -2.38. The number of aryl methyl sites for hydroxylation is 1. The van der Waals surface area contributed by atoms with E-state index in [1.165, 1.54) is 0 Å². The van der Waals surface area contributed by atoms with Crippen molar-refractivity contribution in [2.24, 2.45) is 5.41 Å². The van der Waals surface area contributed by atoms with E-state index in [-0.39, 0.29) is 11.3 Å². The van der Waals surface area contributed by atoms with Crippen LogP contribution >= 0.6 is 0 Å². The highest BCUT2D eigenvalue weighted by Gasteiger charge is 2.43. The summed E-state index contributed by atoms with van der Waals surface area (Å²) in [5, 5.41) is 12.3. The minimum absolute atomic E-state index is 0.197. The largest absolute Gasteiger partial charge is 0.338 e. The number of piperidine rings is 1. The Bertz CT molecular complexity index is 597. The van der Waals surface area contributed by atoms with Crippen molar-refractivity contribution in [1.82, 2.24) is 10.2 Å². The van der Waals surface area contributed by atoms with E-state index in [0.717, 1.165) is 43.6 Å². The third kappa shape index (κ3) is 2.79. The number of carbonyl (C=O) groups excluding carboxylic acids is 1. The smallest absolute Gasteiger partial charge is 0.223 e. The number of likely N-dealkylation sites (tertiary alicyclic amines) is 1. The molecule has 0 saturated carbocycles. The fraction of sp³-hybridized carbons (Fsp3) is 0.529. The highest BCUT2D eigenvalue weighted by atomic mass is 16.2. The van der Waals surface area contributed by atoms with Gasteiger partial charge in [-0.3, -0.25) is 4.79 Å². The average molecular weight is 283 g/mol. The van der Waals surface area contributed by atoms with Crippen molar-refractivity contribution in [1.29, 1.82) is 5.26 Å². The molecule has 0 radical (unpaired) electrons. The first-order chi connectivity index (χ1) is 10.1. The number of hydrogen-bond acceptors (Lipinski definition) is 3. The van der Waals surface area contributed by atoms with Gasteiger partial charge in [0.2, 0.25) is 5.91 Å². The van der Waals surface area contributed by atoms with Gasteiger partial charge in [0.25, 0.3) is 0 Å². The van der Waals surface area contributed by atoms with E-state index >= 15 is 0 Å². The summed E-state index contributed by atoms with van der Waals surface area (Å²) in [5.41, 5.74) is 3.11. The Morgan fingerprint density at radius 3 is 2.81 bits per heavy atom. The number of carbonyl (C=O) groups is 1. The first-order valence-corrected chi connectivity index (χ1v) is 7.60. The molecule has 2 aliphatic heterocycles. The molecule has 1 spiro atoms. The number of nitrogens with one attached hydrogen (secondary N) is 1. The molecule has 3 rings (SSSR count). The first-order valence-electron chi connectivity index (χ1n) is 7.60. The van der Waals surface area contributed by atoms with E-state index in [1.807, 2.05) is 30.0 Å². The predicted octanol–water partition coefficient (Wildman–Crippen LogP) is 1.97. The van der Waals surface area contributed by atoms with Gasteiger partial charge in [-0.2, -0.15) is 5.26 Å². The zero-order valence-electron chi connectivity index (χ0n) is 12.5. The van der Waals surface area contributed by atoms with E-state index in [2.05, 4.69) is 11.4 Å². The molecular formula is C17H21N3O. The number of hydrogen-bond donors (Lipinski definition) is 1. The van der Waals surface area contributed by atoms with Crippen LogP contribution in [0.25, 0.3) is 0 Å². The second-order valence-electron chi connectivity index (χ2n) is 6.43. The lowest BCUT2D eigenvalue weighted by atomic mass is 9.78. The topological polar surface area (TPSA) is 56.1 Å². The van der Waals surface area contributed by atoms with Gasteiger partial charge in [-0.05, 0) is 61.5 Å². The van der Waals surface area contributed by atoms with Gasteiger partial charge in [-0.1, -0.05) is 6.07 Å². The van der Waals surface area contributed by atoms with Crippen molar-refractivity contribution in [2.45, 2.75) is 32.7 Å². The highest BCUT2D eigenvalue weighted by Crippen LogP contribution is 2.39. The van der Waals surface area contributed by atoms with Crippen LogP contribution in [0.15, 0.2) is 18.2 Å². The van der Waals surface area contributed by atoms with Gasteiger partial charge in [0.15, 0.2) is 0 Å². The summed E-state index contributed by atoms with van der Waals surface area (Å²) in [5.74, 6) is 0.278. The Labute approximate surface area is 125 Å². The molecule has 21 heavy (non-hydrogen) atoms. The van der Waals surface area contributed by atoms with Crippen molar-refractivity contribution < 1.29 is 4.79 Å². The fourth-order valence-electron chi connectivity index (χ4n) is 3.57. The molecule has 1 N–H and O–H groups in total. The molecule has 4 nitrogen and oxygen atoms in total. The molecule has 2 aliphatic rings. The van der Waals surface area contributed by atoms with E-state index in [4.69, 9.17) is 5.26 Å². The molecule has 2 saturated heterocycles. The number of amides is 1. The summed E-state index contributed by atoms with van der Waals surface area (Å²) >= 11 is 0. The Balaban J connectivity index is 1.73. The van der Waals surface area contributed by atoms with Crippen LogP contribution in [-0.2, 0) is 11.3 Å². The Kier molecular flexibility index (Phi) is 3.69. The first kappa shape index (κ1) is 14.1. The SMILES string of the molecule is Cc1cc(C#N)ccc1CN1CC2(CCNCC2)CC1=O. The van der Waals surface area contributed by atoms with Crippen molar-refractivity contribution in [3.05, 3.63) is 34.9 Å². The third-order valence-electron chi connectivity index (χ3n) is 4.90. The van der Waals surface area contributed by atoms with Gasteiger partial charge >= 0.3 is 0 Å². The molecule has 0 atom stereocenters. The minimum Gasteiger partial charge on any atom is -0.338 e. The standard InChI is InChI=1S/C17H21N3O/c1-13-8-14(10-18)2-3-15(13)11-20-12-17(9-16(20)21)4-6-19-7-5-17/h2-3,8,19H,4-7,9,11-12H2,1H3. The van der Waals surface area contributed by atoms with Crippen molar-refractivity contribution in [3.8, 4) is 6.07 Å². The maximum atomic E-state index is 12.3. The van der Waals surface area contributed by atoms with Crippen molar-refractivity contribution in [3.63, 3.8) is 0 Å². The van der Waals surface area contributed by atoms with Crippen LogP contribution in [0.1, 0.15) is 36.0 Å². The van der Waals surface area contributed by atoms with Crippen LogP contribution in [0.4, 0.5) is 0 Å². The predicted molar refractivity (Wildman–Crippen MR) is 80.5 cm³/mol. The van der Waals surface area contributed by atoms with Crippen LogP contribution in [0.3, 0.4) is 0 Å². The van der Waals surface area contributed by atoms with Crippen LogP contribution in [0.2, 0.25) is 0 Å². The summed E-state index contributed by atoms with van der Waals surface area (Å²) in [6.45, 7) is 5.61. The number of nitriles is 1. The second-order valence-corrected chi connectivity index (χ2v) is 6.43. The summed E-state index contributed by atoms with van der Waals surface area (Å²) in [7, 11) is 0. The van der Waals surface area contributed by atoms with Crippen LogP contribution < -0.4 is 5.32 Å². The highest BCUT2D eigenvalue weighted by molar-refractivity contribution is 5.79. The Morgan fingerprint density at radius 1 is 1.38 bits per heavy atom. The van der Waals surface area contributed by atoms with E-state index in [1.54, 1.807) is 0 Å². The molecule has 1 aromatic carbocycles. The molecule has 1 amide bonds. The molecule has 0 aliphatic carbocycles. The maximum absolute atomic E-state index is 12.3. The molecule has 0 bridgehead atoms. The Morgan fingerprint density at radius 2 is 2.14 bits per heavy atom. The quantitative estimate of drug-likeness (QED) is 0.903. The zero-order valence-corrected chi connectivity index (χ0v) is 12.5. The van der Waals surface area contributed by atoms with Gasteiger partial charge in [-0.25, -0.2) is 0 Å². The monoisotopic (exact) mass is 283 g/mol. The average Bonchev–Trinajstić information content (AvgIpc) is 2.77. The molecule has 1 aromatic rings. The summed E-state index contributed by atoms with van der Waals surface area (Å²) in [6, 6.07) is 7.87. The summed E-state index contributed by atoms with van der Waals surface area (Å²) in [4.78, 5) is 14.3. The van der Waals surface area contributed by atoms with Gasteiger partial charge < -0.3 is 10.2 Å². The molecule has 0 unspecified atom stereocenters. The lowest BCUT2D eigenvalue weighted by molar-refractivity contribution is -0.128. The van der Waals surface area contributed by atoms with E-state index in [0.29, 0.717) is 18.5 Å². The molecule has 2 heterocycles. The number of nitrogens with zero attached hydrogens (tertiary/aromatic N) is 2. The van der Waals surface area contributed by atoms with Gasteiger partial charge in [-0.15, -0.1) is 0 Å². The van der Waals surface area contributed by atoms with Crippen molar-refractivity contribution >= 4 is 5.91 Å². The van der Waals surface area contributed by atoms with Crippen LogP contribution in [-0.4, -0.2) is 30.4 Å². The molecular weight excluding hydrogens is 262 g/mol. The van der Waals surface area contributed by atoms with Gasteiger partial charge in [0.1, 0.15) is 0 Å². The van der Waals surface area contributed by atoms with E-state index < -0.39 is 0 Å². The van der Waals surface area contributed by atoms with Crippen LogP contribution in [0.5, 0.6) is 0 Å². The molecule has 110 valence electrons. The molecule has 2 fully saturated rings. The maximum Gasteiger partial charge on any atom is 0.223 e. The van der Waals surface area contributed by atoms with Crippen molar-refractivity contribution in [2.75, 3.05) is 19.6 Å². The zero-order chi connectivity index (χ0) is 14.9. The van der Waals surface area contributed by atoms with E-state index in [9.17, 15) is 4.79 Å². The third-order valence-corrected chi connectivity index (χ3v) is 4.90. The molecule has 4 heteroatoms. The van der Waals surface area contributed by atoms with Crippen LogP contribution in [0, 0.1) is 23.7 Å². The number of rotatable bonds is 2. The minimum atomic E-state index is 0.197.